The second-order valence-corrected chi connectivity index (χ2v) is 9.52. The van der Waals surface area contributed by atoms with Crippen LogP contribution in [0.3, 0.4) is 0 Å². The monoisotopic (exact) mass is 450 g/mol. The highest BCUT2D eigenvalue weighted by Gasteiger charge is 2.84. The Bertz CT molecular complexity index is 768. The van der Waals surface area contributed by atoms with Crippen molar-refractivity contribution in [3.05, 3.63) is 0 Å². The molecule has 0 saturated heterocycles. The SMILES string of the molecule is CC1(C)C2CCC1(C)C(O)(C(F)(F)C(F)(F)OC(F)(F)C(F)(F)S(=O)(=O)O)C2. The van der Waals surface area contributed by atoms with E-state index in [2.05, 4.69) is 4.74 Å². The highest BCUT2D eigenvalue weighted by atomic mass is 32.2. The fraction of sp³-hybridized carbons (Fsp3) is 1.00. The molecular weight excluding hydrogens is 432 g/mol. The number of halogens is 8. The van der Waals surface area contributed by atoms with Crippen LogP contribution >= 0.6 is 0 Å². The molecule has 0 aromatic carbocycles. The number of hydrogen-bond donors (Lipinski definition) is 2. The molecule has 166 valence electrons. The zero-order valence-corrected chi connectivity index (χ0v) is 15.6. The molecule has 2 aliphatic carbocycles. The zero-order chi connectivity index (χ0) is 22.4. The normalized spacial score (nSPS) is 34.1. The lowest BCUT2D eigenvalue weighted by molar-refractivity contribution is -0.478. The van der Waals surface area contributed by atoms with Crippen molar-refractivity contribution in [2.24, 2.45) is 16.7 Å². The molecule has 3 unspecified atom stereocenters. The van der Waals surface area contributed by atoms with E-state index in [1.807, 2.05) is 0 Å². The molecule has 2 rings (SSSR count). The van der Waals surface area contributed by atoms with E-state index in [4.69, 9.17) is 4.55 Å². The van der Waals surface area contributed by atoms with Crippen molar-refractivity contribution in [1.29, 1.82) is 0 Å². The minimum atomic E-state index is -7.00. The topological polar surface area (TPSA) is 83.8 Å². The predicted molar refractivity (Wildman–Crippen MR) is 76.6 cm³/mol. The van der Waals surface area contributed by atoms with Crippen molar-refractivity contribution in [3.63, 3.8) is 0 Å². The van der Waals surface area contributed by atoms with Gasteiger partial charge in [-0.05, 0) is 30.6 Å². The summed E-state index contributed by atoms with van der Waals surface area (Å²) < 4.78 is 141. The van der Waals surface area contributed by atoms with Crippen molar-refractivity contribution in [2.75, 3.05) is 0 Å². The van der Waals surface area contributed by atoms with Gasteiger partial charge in [0.25, 0.3) is 0 Å². The molecule has 0 aromatic heterocycles. The first kappa shape index (κ1) is 23.5. The predicted octanol–water partition coefficient (Wildman–Crippen LogP) is 3.88. The molecule has 2 fully saturated rings. The highest BCUT2D eigenvalue weighted by molar-refractivity contribution is 7.86. The fourth-order valence-electron chi connectivity index (χ4n) is 4.43. The zero-order valence-electron chi connectivity index (χ0n) is 14.7. The van der Waals surface area contributed by atoms with E-state index in [9.17, 15) is 48.6 Å². The average Bonchev–Trinajstić information content (AvgIpc) is 2.76. The molecule has 2 saturated carbocycles. The molecule has 2 N–H and O–H groups in total. The van der Waals surface area contributed by atoms with Gasteiger partial charge in [-0.3, -0.25) is 4.55 Å². The Morgan fingerprint density at radius 3 is 1.75 bits per heavy atom. The van der Waals surface area contributed by atoms with Gasteiger partial charge >= 0.3 is 33.5 Å². The second kappa shape index (κ2) is 5.70. The Kier molecular flexibility index (Phi) is 4.79. The maximum atomic E-state index is 14.6. The standard InChI is InChI=1S/C14H18F8O5S/c1-8(2)7-4-5-9(8,3)10(23,6-7)11(15,16)12(17,18)27-13(19,20)14(21,22)28(24,25)26/h7,23H,4-6H2,1-3H3,(H,24,25,26). The van der Waals surface area contributed by atoms with Crippen LogP contribution < -0.4 is 0 Å². The molecule has 0 radical (unpaired) electrons. The number of rotatable bonds is 6. The Labute approximate surface area is 154 Å². The Morgan fingerprint density at radius 1 is 0.964 bits per heavy atom. The molecule has 3 atom stereocenters. The highest BCUT2D eigenvalue weighted by Crippen LogP contribution is 2.74. The number of ether oxygens (including phenoxy) is 1. The summed E-state index contributed by atoms with van der Waals surface area (Å²) in [5.41, 5.74) is -6.65. The van der Waals surface area contributed by atoms with Gasteiger partial charge in [0.2, 0.25) is 0 Å². The maximum Gasteiger partial charge on any atom is 0.460 e. The minimum Gasteiger partial charge on any atom is -0.383 e. The minimum absolute atomic E-state index is 0.176. The van der Waals surface area contributed by atoms with Crippen molar-refractivity contribution in [2.45, 2.75) is 69.0 Å². The molecule has 0 heterocycles. The van der Waals surface area contributed by atoms with Crippen molar-refractivity contribution >= 4 is 10.1 Å². The molecular formula is C14H18F8O5S. The summed E-state index contributed by atoms with van der Waals surface area (Å²) in [7, 11) is -7.00. The van der Waals surface area contributed by atoms with E-state index >= 15 is 0 Å². The maximum absolute atomic E-state index is 14.6. The van der Waals surface area contributed by atoms with Crippen molar-refractivity contribution in [1.82, 2.24) is 0 Å². The van der Waals surface area contributed by atoms with Crippen LogP contribution in [0.5, 0.6) is 0 Å². The van der Waals surface area contributed by atoms with Crippen LogP contribution in [-0.2, 0) is 14.9 Å². The molecule has 2 bridgehead atoms. The summed E-state index contributed by atoms with van der Waals surface area (Å²) in [6.45, 7) is 3.88. The molecule has 2 aliphatic rings. The lowest BCUT2D eigenvalue weighted by Crippen LogP contribution is -2.68. The molecule has 5 nitrogen and oxygen atoms in total. The number of aliphatic hydroxyl groups is 1. The Balaban J connectivity index is 2.48. The van der Waals surface area contributed by atoms with Gasteiger partial charge in [0.1, 0.15) is 5.60 Å². The third kappa shape index (κ3) is 2.56. The van der Waals surface area contributed by atoms with Crippen LogP contribution in [0.15, 0.2) is 0 Å². The fourth-order valence-corrected chi connectivity index (χ4v) is 4.77. The summed E-state index contributed by atoms with van der Waals surface area (Å²) in [5, 5.41) is 3.84. The van der Waals surface area contributed by atoms with E-state index in [0.717, 1.165) is 6.92 Å². The summed E-state index contributed by atoms with van der Waals surface area (Å²) >= 11 is 0. The van der Waals surface area contributed by atoms with Gasteiger partial charge in [-0.25, -0.2) is 4.74 Å². The van der Waals surface area contributed by atoms with Gasteiger partial charge in [0, 0.05) is 5.41 Å². The average molecular weight is 450 g/mol. The van der Waals surface area contributed by atoms with Crippen LogP contribution in [-0.4, -0.2) is 47.1 Å². The van der Waals surface area contributed by atoms with Gasteiger partial charge < -0.3 is 5.11 Å². The van der Waals surface area contributed by atoms with Gasteiger partial charge in [-0.1, -0.05) is 20.8 Å². The number of fused-ring (bicyclic) bond motifs is 2. The first-order chi connectivity index (χ1) is 12.0. The van der Waals surface area contributed by atoms with Crippen LogP contribution in [0.25, 0.3) is 0 Å². The summed E-state index contributed by atoms with van der Waals surface area (Å²) in [4.78, 5) is 0. The first-order valence-corrected chi connectivity index (χ1v) is 9.37. The van der Waals surface area contributed by atoms with Crippen LogP contribution in [0.1, 0.15) is 40.0 Å². The molecule has 0 aromatic rings. The molecule has 14 heteroatoms. The lowest BCUT2D eigenvalue weighted by atomic mass is 9.62. The van der Waals surface area contributed by atoms with Crippen LogP contribution in [0.4, 0.5) is 35.1 Å². The lowest BCUT2D eigenvalue weighted by Gasteiger charge is -2.50. The van der Waals surface area contributed by atoms with E-state index in [1.54, 1.807) is 0 Å². The van der Waals surface area contributed by atoms with E-state index in [0.29, 0.717) is 0 Å². The third-order valence-electron chi connectivity index (χ3n) is 6.69. The quantitative estimate of drug-likeness (QED) is 0.474. The summed E-state index contributed by atoms with van der Waals surface area (Å²) in [6, 6.07) is 0. The van der Waals surface area contributed by atoms with Crippen molar-refractivity contribution in [3.8, 4) is 0 Å². The van der Waals surface area contributed by atoms with Crippen molar-refractivity contribution < 1.29 is 57.9 Å². The van der Waals surface area contributed by atoms with Gasteiger partial charge in [-0.15, -0.1) is 0 Å². The molecule has 28 heavy (non-hydrogen) atoms. The summed E-state index contributed by atoms with van der Waals surface area (Å²) in [5.74, 6) is -6.50. The van der Waals surface area contributed by atoms with E-state index < -0.39 is 62.3 Å². The van der Waals surface area contributed by atoms with Gasteiger partial charge in [-0.2, -0.15) is 43.5 Å². The molecule has 0 amide bonds. The van der Waals surface area contributed by atoms with Crippen LogP contribution in [0.2, 0.25) is 0 Å². The van der Waals surface area contributed by atoms with Crippen LogP contribution in [0, 0.1) is 16.7 Å². The Morgan fingerprint density at radius 2 is 1.43 bits per heavy atom. The largest absolute Gasteiger partial charge is 0.460 e. The Hall–Kier alpha value is -0.730. The summed E-state index contributed by atoms with van der Waals surface area (Å²) in [6.07, 6.45) is -14.0. The van der Waals surface area contributed by atoms with E-state index in [1.165, 1.54) is 13.8 Å². The van der Waals surface area contributed by atoms with E-state index in [-0.39, 0.29) is 12.8 Å². The first-order valence-electron chi connectivity index (χ1n) is 7.93. The second-order valence-electron chi connectivity index (χ2n) is 8.06. The number of hydrogen-bond acceptors (Lipinski definition) is 4. The smallest absolute Gasteiger partial charge is 0.383 e. The molecule has 0 spiro atoms. The van der Waals surface area contributed by atoms with Gasteiger partial charge in [0.15, 0.2) is 0 Å². The molecule has 0 aliphatic heterocycles. The third-order valence-corrected chi connectivity index (χ3v) is 7.58. The number of alkyl halides is 8. The van der Waals surface area contributed by atoms with Gasteiger partial charge in [0.05, 0.1) is 0 Å².